The molecule has 0 aliphatic carbocycles. The van der Waals surface area contributed by atoms with Gasteiger partial charge in [0.1, 0.15) is 16.8 Å². The Kier molecular flexibility index (Phi) is 6.17. The van der Waals surface area contributed by atoms with Crippen LogP contribution in [0.15, 0.2) is 47.5 Å². The van der Waals surface area contributed by atoms with Crippen LogP contribution in [0, 0.1) is 25.2 Å². The van der Waals surface area contributed by atoms with E-state index in [0.29, 0.717) is 17.1 Å². The lowest BCUT2D eigenvalue weighted by atomic mass is 10.1. The Morgan fingerprint density at radius 1 is 1.18 bits per heavy atom. The van der Waals surface area contributed by atoms with Crippen LogP contribution in [0.4, 0.5) is 0 Å². The quantitative estimate of drug-likeness (QED) is 0.639. The Bertz CT molecular complexity index is 1060. The molecule has 1 heterocycles. The standard InChI is InChI=1S/C22H21N3O2S/c1-14-8-17-10-18(11-23)22(25-20(17)9-15(14)2)28-13-21(26)24-12-16-4-6-19(27-3)7-5-16/h4-10H,12-13H2,1-3H3,(H,24,26). The summed E-state index contributed by atoms with van der Waals surface area (Å²) >= 11 is 1.28. The van der Waals surface area contributed by atoms with Gasteiger partial charge in [-0.05, 0) is 60.9 Å². The van der Waals surface area contributed by atoms with E-state index in [2.05, 4.69) is 16.4 Å². The van der Waals surface area contributed by atoms with E-state index in [1.165, 1.54) is 11.8 Å². The number of pyridine rings is 1. The van der Waals surface area contributed by atoms with Crippen LogP contribution in [0.3, 0.4) is 0 Å². The van der Waals surface area contributed by atoms with Crippen LogP contribution in [-0.2, 0) is 11.3 Å². The third-order valence-electron chi connectivity index (χ3n) is 4.50. The van der Waals surface area contributed by atoms with Gasteiger partial charge in [0.25, 0.3) is 0 Å². The number of amides is 1. The van der Waals surface area contributed by atoms with E-state index >= 15 is 0 Å². The third kappa shape index (κ3) is 4.62. The number of fused-ring (bicyclic) bond motifs is 1. The SMILES string of the molecule is COc1ccc(CNC(=O)CSc2nc3cc(C)c(C)cc3cc2C#N)cc1. The van der Waals surface area contributed by atoms with Crippen molar-refractivity contribution in [3.63, 3.8) is 0 Å². The fourth-order valence-corrected chi connectivity index (χ4v) is 3.53. The molecule has 5 nitrogen and oxygen atoms in total. The van der Waals surface area contributed by atoms with Crippen molar-refractivity contribution in [3.8, 4) is 11.8 Å². The first kappa shape index (κ1) is 19.7. The minimum absolute atomic E-state index is 0.105. The van der Waals surface area contributed by atoms with Gasteiger partial charge < -0.3 is 10.1 Å². The van der Waals surface area contributed by atoms with Crippen molar-refractivity contribution in [2.24, 2.45) is 0 Å². The zero-order valence-electron chi connectivity index (χ0n) is 16.1. The molecule has 3 aromatic rings. The third-order valence-corrected chi connectivity index (χ3v) is 5.50. The van der Waals surface area contributed by atoms with Crippen LogP contribution < -0.4 is 10.1 Å². The number of carbonyl (C=O) groups is 1. The fourth-order valence-electron chi connectivity index (χ4n) is 2.74. The topological polar surface area (TPSA) is 75.0 Å². The number of rotatable bonds is 6. The van der Waals surface area contributed by atoms with Crippen molar-refractivity contribution in [1.82, 2.24) is 10.3 Å². The Balaban J connectivity index is 1.65. The molecule has 0 bridgehead atoms. The summed E-state index contributed by atoms with van der Waals surface area (Å²) in [5, 5.41) is 13.9. The van der Waals surface area contributed by atoms with Gasteiger partial charge in [-0.15, -0.1) is 0 Å². The molecule has 1 amide bonds. The maximum atomic E-state index is 12.2. The summed E-state index contributed by atoms with van der Waals surface area (Å²) in [6.07, 6.45) is 0. The highest BCUT2D eigenvalue weighted by Gasteiger charge is 2.11. The Hall–Kier alpha value is -3.04. The number of hydrogen-bond acceptors (Lipinski definition) is 5. The number of aryl methyl sites for hydroxylation is 2. The van der Waals surface area contributed by atoms with Gasteiger partial charge in [0.05, 0.1) is 23.9 Å². The summed E-state index contributed by atoms with van der Waals surface area (Å²) in [7, 11) is 1.62. The predicted octanol–water partition coefficient (Wildman–Crippen LogP) is 4.14. The van der Waals surface area contributed by atoms with Gasteiger partial charge in [0.15, 0.2) is 0 Å². The van der Waals surface area contributed by atoms with E-state index in [1.54, 1.807) is 7.11 Å². The van der Waals surface area contributed by atoms with Crippen LogP contribution in [0.5, 0.6) is 5.75 Å². The number of nitrogens with one attached hydrogen (secondary N) is 1. The second kappa shape index (κ2) is 8.77. The first-order valence-corrected chi connectivity index (χ1v) is 9.83. The summed E-state index contributed by atoms with van der Waals surface area (Å²) < 4.78 is 5.12. The molecular weight excluding hydrogens is 370 g/mol. The molecule has 0 aliphatic heterocycles. The zero-order valence-corrected chi connectivity index (χ0v) is 16.9. The molecule has 142 valence electrons. The number of hydrogen-bond donors (Lipinski definition) is 1. The second-order valence-corrected chi connectivity index (χ2v) is 7.46. The van der Waals surface area contributed by atoms with E-state index in [1.807, 2.05) is 56.3 Å². The van der Waals surface area contributed by atoms with Crippen molar-refractivity contribution in [3.05, 3.63) is 64.7 Å². The minimum Gasteiger partial charge on any atom is -0.497 e. The van der Waals surface area contributed by atoms with Gasteiger partial charge in [-0.2, -0.15) is 5.26 Å². The van der Waals surface area contributed by atoms with Gasteiger partial charge in [-0.1, -0.05) is 23.9 Å². The monoisotopic (exact) mass is 391 g/mol. The molecule has 2 aromatic carbocycles. The Morgan fingerprint density at radius 3 is 2.57 bits per heavy atom. The lowest BCUT2D eigenvalue weighted by molar-refractivity contribution is -0.118. The largest absolute Gasteiger partial charge is 0.497 e. The maximum Gasteiger partial charge on any atom is 0.230 e. The van der Waals surface area contributed by atoms with Crippen LogP contribution in [0.1, 0.15) is 22.3 Å². The number of ether oxygens (including phenoxy) is 1. The van der Waals surface area contributed by atoms with Crippen molar-refractivity contribution < 1.29 is 9.53 Å². The van der Waals surface area contributed by atoms with E-state index < -0.39 is 0 Å². The maximum absolute atomic E-state index is 12.2. The molecule has 0 saturated heterocycles. The summed E-state index contributed by atoms with van der Waals surface area (Å²) in [4.78, 5) is 16.8. The summed E-state index contributed by atoms with van der Waals surface area (Å²) in [6, 6.07) is 15.6. The molecule has 0 unspecified atom stereocenters. The first-order chi connectivity index (χ1) is 13.5. The zero-order chi connectivity index (χ0) is 20.1. The van der Waals surface area contributed by atoms with Gasteiger partial charge >= 0.3 is 0 Å². The number of thioether (sulfide) groups is 1. The van der Waals surface area contributed by atoms with Crippen molar-refractivity contribution in [2.45, 2.75) is 25.4 Å². The normalized spacial score (nSPS) is 10.5. The van der Waals surface area contributed by atoms with E-state index in [0.717, 1.165) is 33.3 Å². The number of carbonyl (C=O) groups excluding carboxylic acids is 1. The van der Waals surface area contributed by atoms with E-state index in [4.69, 9.17) is 4.74 Å². The molecular formula is C22H21N3O2S. The highest BCUT2D eigenvalue weighted by atomic mass is 32.2. The van der Waals surface area contributed by atoms with Gasteiger partial charge in [-0.25, -0.2) is 4.98 Å². The second-order valence-electron chi connectivity index (χ2n) is 6.50. The molecule has 1 aromatic heterocycles. The molecule has 0 fully saturated rings. The molecule has 0 saturated carbocycles. The molecule has 1 N–H and O–H groups in total. The minimum atomic E-state index is -0.105. The van der Waals surface area contributed by atoms with Gasteiger partial charge in [0.2, 0.25) is 5.91 Å². The first-order valence-electron chi connectivity index (χ1n) is 8.84. The van der Waals surface area contributed by atoms with E-state index in [-0.39, 0.29) is 11.7 Å². The highest BCUT2D eigenvalue weighted by Crippen LogP contribution is 2.26. The molecule has 3 rings (SSSR count). The number of nitriles is 1. The van der Waals surface area contributed by atoms with Crippen LogP contribution in [-0.4, -0.2) is 23.8 Å². The van der Waals surface area contributed by atoms with Crippen LogP contribution in [0.2, 0.25) is 0 Å². The lowest BCUT2D eigenvalue weighted by Crippen LogP contribution is -2.24. The van der Waals surface area contributed by atoms with Crippen molar-refractivity contribution >= 4 is 28.6 Å². The van der Waals surface area contributed by atoms with Gasteiger partial charge in [-0.3, -0.25) is 4.79 Å². The van der Waals surface area contributed by atoms with Crippen LogP contribution >= 0.6 is 11.8 Å². The molecule has 6 heteroatoms. The Labute approximate surface area is 168 Å². The number of aromatic nitrogens is 1. The fraction of sp³-hybridized carbons (Fsp3) is 0.227. The average Bonchev–Trinajstić information content (AvgIpc) is 2.71. The van der Waals surface area contributed by atoms with Crippen molar-refractivity contribution in [1.29, 1.82) is 5.26 Å². The summed E-state index contributed by atoms with van der Waals surface area (Å²) in [5.74, 6) is 0.878. The molecule has 0 spiro atoms. The smallest absolute Gasteiger partial charge is 0.230 e. The molecule has 28 heavy (non-hydrogen) atoms. The number of nitrogens with zero attached hydrogens (tertiary/aromatic N) is 2. The number of benzene rings is 2. The van der Waals surface area contributed by atoms with E-state index in [9.17, 15) is 10.1 Å². The highest BCUT2D eigenvalue weighted by molar-refractivity contribution is 8.00. The van der Waals surface area contributed by atoms with Crippen LogP contribution in [0.25, 0.3) is 10.9 Å². The summed E-state index contributed by atoms with van der Waals surface area (Å²) in [5.41, 5.74) is 4.63. The molecule has 0 radical (unpaired) electrons. The average molecular weight is 391 g/mol. The predicted molar refractivity (Wildman–Crippen MR) is 111 cm³/mol. The number of methoxy groups -OCH3 is 1. The van der Waals surface area contributed by atoms with Gasteiger partial charge in [0, 0.05) is 11.9 Å². The Morgan fingerprint density at radius 2 is 1.89 bits per heavy atom. The molecule has 0 aliphatic rings. The lowest BCUT2D eigenvalue weighted by Gasteiger charge is -2.09. The molecule has 0 atom stereocenters. The summed E-state index contributed by atoms with van der Waals surface area (Å²) in [6.45, 7) is 4.52. The van der Waals surface area contributed by atoms with Crippen molar-refractivity contribution in [2.75, 3.05) is 12.9 Å².